The number of hydrogen-bond donors (Lipinski definition) is 0. The highest BCUT2D eigenvalue weighted by Gasteiger charge is 2.19. The maximum Gasteiger partial charge on any atom is 0.306 e. The lowest BCUT2D eigenvalue weighted by Crippen LogP contribution is -2.30. The monoisotopic (exact) mass is 929 g/mol. The zero-order valence-electron chi connectivity index (χ0n) is 43.4. The van der Waals surface area contributed by atoms with E-state index < -0.39 is 6.10 Å². The lowest BCUT2D eigenvalue weighted by molar-refractivity contribution is -0.166. The SMILES string of the molecule is CC/C=C\C/C=C\C/C=C\C/C=C\C/C=C\C/C=C\CCC(=O)OCC(COC(=O)CCCCCC/C=C\C/C=C\C/C=C\CC)OC(=O)CCCCCCCCCCCCCCCCCC. The molecule has 0 aliphatic rings. The van der Waals surface area contributed by atoms with E-state index in [0.29, 0.717) is 19.3 Å². The van der Waals surface area contributed by atoms with Crippen LogP contribution in [0, 0.1) is 0 Å². The average Bonchev–Trinajstić information content (AvgIpc) is 3.33. The Hall–Kier alpha value is -3.93. The number of esters is 3. The molecule has 0 saturated heterocycles. The largest absolute Gasteiger partial charge is 0.462 e. The van der Waals surface area contributed by atoms with Crippen LogP contribution in [0.15, 0.2) is 109 Å². The van der Waals surface area contributed by atoms with Crippen LogP contribution in [0.3, 0.4) is 0 Å². The van der Waals surface area contributed by atoms with Gasteiger partial charge in [-0.2, -0.15) is 0 Å². The molecule has 0 amide bonds. The molecule has 67 heavy (non-hydrogen) atoms. The van der Waals surface area contributed by atoms with Crippen LogP contribution in [0.25, 0.3) is 0 Å². The maximum atomic E-state index is 12.8. The first-order valence-electron chi connectivity index (χ1n) is 27.4. The molecule has 0 spiro atoms. The van der Waals surface area contributed by atoms with Crippen molar-refractivity contribution < 1.29 is 28.6 Å². The van der Waals surface area contributed by atoms with Gasteiger partial charge in [0.1, 0.15) is 13.2 Å². The predicted octanol–water partition coefficient (Wildman–Crippen LogP) is 18.3. The summed E-state index contributed by atoms with van der Waals surface area (Å²) in [5.41, 5.74) is 0. The molecule has 0 bridgehead atoms. The van der Waals surface area contributed by atoms with Crippen LogP contribution in [-0.2, 0) is 28.6 Å². The molecule has 0 fully saturated rings. The van der Waals surface area contributed by atoms with Gasteiger partial charge >= 0.3 is 17.9 Å². The van der Waals surface area contributed by atoms with E-state index in [1.807, 2.05) is 6.08 Å². The first kappa shape index (κ1) is 63.1. The third-order valence-electron chi connectivity index (χ3n) is 11.3. The van der Waals surface area contributed by atoms with Gasteiger partial charge in [0.15, 0.2) is 6.10 Å². The molecule has 0 aliphatic heterocycles. The standard InChI is InChI=1S/C61H100O6/c1-4-7-10-13-16-19-22-25-28-30-31-32-34-36-39-42-45-48-51-54-60(63)66-57-58(56-65-59(62)53-50-47-44-41-38-35-27-24-21-18-15-12-9-6-3)67-61(64)55-52-49-46-43-40-37-33-29-26-23-20-17-14-11-8-5-2/h7,9-10,12,16,18-19,21,25,27-28,31-32,35-36,39,45,48,58H,4-6,8,11,13-15,17,20,22-24,26,29-30,33-34,37-38,40-44,46-47,49-57H2,1-3H3/b10-7-,12-9-,19-16-,21-18-,28-25-,32-31-,35-27-,39-36-,48-45-. The molecule has 0 radical (unpaired) electrons. The highest BCUT2D eigenvalue weighted by atomic mass is 16.6. The molecule has 0 aromatic heterocycles. The van der Waals surface area contributed by atoms with Gasteiger partial charge in [-0.3, -0.25) is 14.4 Å². The molecular formula is C61H100O6. The van der Waals surface area contributed by atoms with Crippen molar-refractivity contribution in [3.63, 3.8) is 0 Å². The summed E-state index contributed by atoms with van der Waals surface area (Å²) in [7, 11) is 0. The van der Waals surface area contributed by atoms with E-state index in [1.165, 1.54) is 83.5 Å². The predicted molar refractivity (Wildman–Crippen MR) is 288 cm³/mol. The third-order valence-corrected chi connectivity index (χ3v) is 11.3. The Kier molecular flexibility index (Phi) is 51.5. The summed E-state index contributed by atoms with van der Waals surface area (Å²) in [6.45, 7) is 6.33. The van der Waals surface area contributed by atoms with Crippen molar-refractivity contribution in [2.75, 3.05) is 13.2 Å². The zero-order chi connectivity index (χ0) is 48.6. The number of carbonyl (C=O) groups excluding carboxylic acids is 3. The topological polar surface area (TPSA) is 78.9 Å². The Balaban J connectivity index is 4.52. The summed E-state index contributed by atoms with van der Waals surface area (Å²) in [4.78, 5) is 38.0. The van der Waals surface area contributed by atoms with Crippen molar-refractivity contribution in [2.45, 2.75) is 245 Å². The fraction of sp³-hybridized carbons (Fsp3) is 0.656. The van der Waals surface area contributed by atoms with E-state index in [0.717, 1.165) is 109 Å². The summed E-state index contributed by atoms with van der Waals surface area (Å²) in [5.74, 6) is -1.02. The molecule has 0 aliphatic carbocycles. The number of ether oxygens (including phenoxy) is 3. The number of hydrogen-bond acceptors (Lipinski definition) is 6. The van der Waals surface area contributed by atoms with Gasteiger partial charge in [-0.25, -0.2) is 0 Å². The number of rotatable bonds is 48. The fourth-order valence-corrected chi connectivity index (χ4v) is 7.25. The second-order valence-corrected chi connectivity index (χ2v) is 17.7. The van der Waals surface area contributed by atoms with Gasteiger partial charge in [-0.15, -0.1) is 0 Å². The van der Waals surface area contributed by atoms with Crippen LogP contribution in [0.5, 0.6) is 0 Å². The van der Waals surface area contributed by atoms with Gasteiger partial charge in [0, 0.05) is 19.3 Å². The van der Waals surface area contributed by atoms with Crippen LogP contribution in [0.1, 0.15) is 239 Å². The van der Waals surface area contributed by atoms with Crippen molar-refractivity contribution in [3.05, 3.63) is 109 Å². The minimum absolute atomic E-state index is 0.113. The second kappa shape index (κ2) is 54.7. The highest BCUT2D eigenvalue weighted by Crippen LogP contribution is 2.15. The van der Waals surface area contributed by atoms with Crippen LogP contribution in [-0.4, -0.2) is 37.2 Å². The summed E-state index contributed by atoms with van der Waals surface area (Å²) < 4.78 is 16.7. The van der Waals surface area contributed by atoms with E-state index in [2.05, 4.69) is 124 Å². The van der Waals surface area contributed by atoms with Crippen molar-refractivity contribution in [1.82, 2.24) is 0 Å². The van der Waals surface area contributed by atoms with Gasteiger partial charge in [0.05, 0.1) is 0 Å². The summed E-state index contributed by atoms with van der Waals surface area (Å²) in [6, 6.07) is 0. The minimum atomic E-state index is -0.818. The van der Waals surface area contributed by atoms with Crippen LogP contribution >= 0.6 is 0 Å². The Labute approximate surface area is 412 Å². The second-order valence-electron chi connectivity index (χ2n) is 17.7. The molecule has 6 heteroatoms. The quantitative estimate of drug-likeness (QED) is 0.0262. The molecule has 0 aromatic rings. The van der Waals surface area contributed by atoms with Crippen molar-refractivity contribution in [2.24, 2.45) is 0 Å². The lowest BCUT2D eigenvalue weighted by Gasteiger charge is -2.18. The first-order valence-corrected chi connectivity index (χ1v) is 27.4. The van der Waals surface area contributed by atoms with Gasteiger partial charge in [0.2, 0.25) is 0 Å². The van der Waals surface area contributed by atoms with Crippen molar-refractivity contribution in [1.29, 1.82) is 0 Å². The Bertz CT molecular complexity index is 1390. The Morgan fingerprint density at radius 3 is 1.00 bits per heavy atom. The summed E-state index contributed by atoms with van der Waals surface area (Å²) >= 11 is 0. The van der Waals surface area contributed by atoms with Crippen molar-refractivity contribution >= 4 is 17.9 Å². The molecule has 1 atom stereocenters. The van der Waals surface area contributed by atoms with Crippen LogP contribution in [0.4, 0.5) is 0 Å². The summed E-state index contributed by atoms with van der Waals surface area (Å²) in [5, 5.41) is 0. The fourth-order valence-electron chi connectivity index (χ4n) is 7.25. The molecule has 0 N–H and O–H groups in total. The van der Waals surface area contributed by atoms with E-state index >= 15 is 0 Å². The first-order chi connectivity index (χ1) is 33.0. The normalized spacial score (nSPS) is 12.9. The highest BCUT2D eigenvalue weighted by molar-refractivity contribution is 5.71. The average molecular weight is 929 g/mol. The Morgan fingerprint density at radius 1 is 0.313 bits per heavy atom. The van der Waals surface area contributed by atoms with Crippen molar-refractivity contribution in [3.8, 4) is 0 Å². The van der Waals surface area contributed by atoms with E-state index in [9.17, 15) is 14.4 Å². The Morgan fingerprint density at radius 2 is 0.612 bits per heavy atom. The van der Waals surface area contributed by atoms with Gasteiger partial charge < -0.3 is 14.2 Å². The maximum absolute atomic E-state index is 12.8. The summed E-state index contributed by atoms with van der Waals surface area (Å²) in [6.07, 6.45) is 73.7. The van der Waals surface area contributed by atoms with E-state index in [4.69, 9.17) is 14.2 Å². The molecule has 380 valence electrons. The molecule has 0 saturated carbocycles. The van der Waals surface area contributed by atoms with Crippen LogP contribution < -0.4 is 0 Å². The molecular weight excluding hydrogens is 829 g/mol. The molecule has 0 heterocycles. The van der Waals surface area contributed by atoms with E-state index in [1.54, 1.807) is 0 Å². The molecule has 0 aromatic carbocycles. The number of carbonyl (C=O) groups is 3. The number of allylic oxidation sites excluding steroid dienone is 18. The van der Waals surface area contributed by atoms with Gasteiger partial charge in [-0.05, 0) is 89.9 Å². The van der Waals surface area contributed by atoms with Gasteiger partial charge in [0.25, 0.3) is 0 Å². The van der Waals surface area contributed by atoms with E-state index in [-0.39, 0.29) is 37.5 Å². The van der Waals surface area contributed by atoms with Crippen LogP contribution in [0.2, 0.25) is 0 Å². The minimum Gasteiger partial charge on any atom is -0.462 e. The zero-order valence-corrected chi connectivity index (χ0v) is 43.4. The molecule has 1 unspecified atom stereocenters. The molecule has 6 nitrogen and oxygen atoms in total. The third kappa shape index (κ3) is 52.9. The lowest BCUT2D eigenvalue weighted by atomic mass is 10.0. The number of unbranched alkanes of at least 4 members (excludes halogenated alkanes) is 19. The van der Waals surface area contributed by atoms with Gasteiger partial charge in [-0.1, -0.05) is 239 Å². The molecule has 0 rings (SSSR count). The smallest absolute Gasteiger partial charge is 0.306 e.